The van der Waals surface area contributed by atoms with Gasteiger partial charge in [0.1, 0.15) is 6.61 Å². The van der Waals surface area contributed by atoms with Gasteiger partial charge in [-0.25, -0.2) is 0 Å². The van der Waals surface area contributed by atoms with E-state index in [4.69, 9.17) is 18.9 Å². The van der Waals surface area contributed by atoms with E-state index in [2.05, 4.69) is 5.32 Å². The molecule has 1 aliphatic rings. The van der Waals surface area contributed by atoms with Crippen LogP contribution in [0.3, 0.4) is 0 Å². The Balaban J connectivity index is 1.82. The molecule has 0 bridgehead atoms. The van der Waals surface area contributed by atoms with Crippen molar-refractivity contribution >= 4 is 5.97 Å². The van der Waals surface area contributed by atoms with Crippen molar-refractivity contribution in [3.05, 3.63) is 0 Å². The molecule has 6 heteroatoms. The molecule has 0 amide bonds. The third kappa shape index (κ3) is 6.90. The van der Waals surface area contributed by atoms with E-state index < -0.39 is 0 Å². The lowest BCUT2D eigenvalue weighted by Crippen LogP contribution is -2.22. The van der Waals surface area contributed by atoms with E-state index in [0.717, 1.165) is 19.5 Å². The van der Waals surface area contributed by atoms with Gasteiger partial charge in [-0.15, -0.1) is 0 Å². The fourth-order valence-electron chi connectivity index (χ4n) is 1.64. The quantitative estimate of drug-likeness (QED) is 0.435. The zero-order valence-electron chi connectivity index (χ0n) is 11.0. The van der Waals surface area contributed by atoms with Gasteiger partial charge in [0.05, 0.1) is 39.0 Å². The number of hydrogen-bond donors (Lipinski definition) is 1. The largest absolute Gasteiger partial charge is 0.463 e. The molecule has 1 rings (SSSR count). The second kappa shape index (κ2) is 10.3. The Kier molecular flexibility index (Phi) is 8.75. The van der Waals surface area contributed by atoms with Crippen molar-refractivity contribution in [2.45, 2.75) is 6.42 Å². The summed E-state index contributed by atoms with van der Waals surface area (Å²) in [6.45, 7) is 4.56. The molecule has 0 aliphatic carbocycles. The summed E-state index contributed by atoms with van der Waals surface area (Å²) in [6, 6.07) is 0. The first-order chi connectivity index (χ1) is 8.84. The normalized spacial score (nSPS) is 19.1. The molecule has 0 aromatic heterocycles. The zero-order chi connectivity index (χ0) is 13.1. The molecule has 1 saturated heterocycles. The molecular formula is C12H23NO5. The summed E-state index contributed by atoms with van der Waals surface area (Å²) in [6.07, 6.45) is 0.868. The molecule has 106 valence electrons. The molecule has 0 radical (unpaired) electrons. The van der Waals surface area contributed by atoms with Crippen LogP contribution in [0, 0.1) is 5.92 Å². The molecule has 1 unspecified atom stereocenters. The van der Waals surface area contributed by atoms with Crippen LogP contribution in [0.25, 0.3) is 0 Å². The monoisotopic (exact) mass is 261 g/mol. The van der Waals surface area contributed by atoms with E-state index in [9.17, 15) is 4.79 Å². The van der Waals surface area contributed by atoms with Crippen molar-refractivity contribution in [2.24, 2.45) is 5.92 Å². The first-order valence-electron chi connectivity index (χ1n) is 6.36. The van der Waals surface area contributed by atoms with Crippen LogP contribution in [0.1, 0.15) is 6.42 Å². The second-order valence-electron chi connectivity index (χ2n) is 4.07. The third-order valence-corrected chi connectivity index (χ3v) is 2.67. The van der Waals surface area contributed by atoms with Crippen molar-refractivity contribution in [2.75, 3.05) is 59.8 Å². The summed E-state index contributed by atoms with van der Waals surface area (Å²) in [5.41, 5.74) is 0. The third-order valence-electron chi connectivity index (χ3n) is 2.67. The van der Waals surface area contributed by atoms with Gasteiger partial charge in [0.15, 0.2) is 0 Å². The van der Waals surface area contributed by atoms with E-state index in [-0.39, 0.29) is 11.9 Å². The maximum Gasteiger partial charge on any atom is 0.310 e. The molecule has 0 spiro atoms. The Morgan fingerprint density at radius 2 is 1.78 bits per heavy atom. The summed E-state index contributed by atoms with van der Waals surface area (Å²) < 4.78 is 20.4. The highest BCUT2D eigenvalue weighted by Gasteiger charge is 2.23. The predicted molar refractivity (Wildman–Crippen MR) is 65.4 cm³/mol. The van der Waals surface area contributed by atoms with Crippen LogP contribution in [0.4, 0.5) is 0 Å². The van der Waals surface area contributed by atoms with Crippen LogP contribution in [0.5, 0.6) is 0 Å². The van der Waals surface area contributed by atoms with Gasteiger partial charge in [-0.05, 0) is 13.0 Å². The summed E-state index contributed by atoms with van der Waals surface area (Å²) in [5, 5.41) is 3.13. The van der Waals surface area contributed by atoms with Gasteiger partial charge in [-0.2, -0.15) is 0 Å². The van der Waals surface area contributed by atoms with Crippen LogP contribution >= 0.6 is 0 Å². The first kappa shape index (κ1) is 15.4. The van der Waals surface area contributed by atoms with Crippen molar-refractivity contribution in [1.29, 1.82) is 0 Å². The number of methoxy groups -OCH3 is 1. The van der Waals surface area contributed by atoms with Crippen LogP contribution in [-0.2, 0) is 23.7 Å². The topological polar surface area (TPSA) is 66.0 Å². The number of carbonyl (C=O) groups excluding carboxylic acids is 1. The molecule has 1 N–H and O–H groups in total. The van der Waals surface area contributed by atoms with Crippen LogP contribution in [0.2, 0.25) is 0 Å². The fourth-order valence-corrected chi connectivity index (χ4v) is 1.64. The summed E-state index contributed by atoms with van der Waals surface area (Å²) >= 11 is 0. The zero-order valence-corrected chi connectivity index (χ0v) is 11.0. The standard InChI is InChI=1S/C12H23NO5/c1-15-4-5-16-6-7-17-8-9-18-12(14)11-2-3-13-10-11/h11,13H,2-10H2,1H3. The lowest BCUT2D eigenvalue weighted by Gasteiger charge is -2.09. The average molecular weight is 261 g/mol. The van der Waals surface area contributed by atoms with E-state index in [1.165, 1.54) is 0 Å². The highest BCUT2D eigenvalue weighted by molar-refractivity contribution is 5.73. The van der Waals surface area contributed by atoms with Gasteiger partial charge >= 0.3 is 5.97 Å². The Labute approximate surface area is 108 Å². The molecule has 6 nitrogen and oxygen atoms in total. The van der Waals surface area contributed by atoms with Crippen molar-refractivity contribution in [3.8, 4) is 0 Å². The highest BCUT2D eigenvalue weighted by atomic mass is 16.6. The van der Waals surface area contributed by atoms with Crippen molar-refractivity contribution < 1.29 is 23.7 Å². The summed E-state index contributed by atoms with van der Waals surface area (Å²) in [5.74, 6) is -0.109. The number of esters is 1. The number of hydrogen-bond acceptors (Lipinski definition) is 6. The molecule has 1 fully saturated rings. The van der Waals surface area contributed by atoms with Gasteiger partial charge in [0.25, 0.3) is 0 Å². The smallest absolute Gasteiger partial charge is 0.310 e. The molecule has 1 atom stereocenters. The number of nitrogens with one attached hydrogen (secondary N) is 1. The number of carbonyl (C=O) groups is 1. The Morgan fingerprint density at radius 1 is 1.11 bits per heavy atom. The maximum atomic E-state index is 11.5. The number of ether oxygens (including phenoxy) is 4. The molecular weight excluding hydrogens is 238 g/mol. The lowest BCUT2D eigenvalue weighted by molar-refractivity contribution is -0.149. The van der Waals surface area contributed by atoms with E-state index >= 15 is 0 Å². The summed E-state index contributed by atoms with van der Waals surface area (Å²) in [7, 11) is 1.63. The van der Waals surface area contributed by atoms with E-state index in [0.29, 0.717) is 39.6 Å². The minimum atomic E-state index is -0.125. The lowest BCUT2D eigenvalue weighted by atomic mass is 10.1. The minimum absolute atomic E-state index is 0.0161. The van der Waals surface area contributed by atoms with Gasteiger partial charge in [-0.3, -0.25) is 4.79 Å². The van der Waals surface area contributed by atoms with Crippen LogP contribution < -0.4 is 5.32 Å². The van der Waals surface area contributed by atoms with E-state index in [1.807, 2.05) is 0 Å². The van der Waals surface area contributed by atoms with Gasteiger partial charge in [0, 0.05) is 13.7 Å². The van der Waals surface area contributed by atoms with E-state index in [1.54, 1.807) is 7.11 Å². The van der Waals surface area contributed by atoms with Gasteiger partial charge in [-0.1, -0.05) is 0 Å². The average Bonchev–Trinajstić information content (AvgIpc) is 2.90. The number of rotatable bonds is 10. The second-order valence-corrected chi connectivity index (χ2v) is 4.07. The van der Waals surface area contributed by atoms with Gasteiger partial charge < -0.3 is 24.3 Å². The van der Waals surface area contributed by atoms with Gasteiger partial charge in [0.2, 0.25) is 0 Å². The molecule has 1 heterocycles. The molecule has 18 heavy (non-hydrogen) atoms. The Morgan fingerprint density at radius 3 is 2.39 bits per heavy atom. The molecule has 1 aliphatic heterocycles. The predicted octanol–water partition coefficient (Wildman–Crippen LogP) is -0.181. The summed E-state index contributed by atoms with van der Waals surface area (Å²) in [4.78, 5) is 11.5. The Bertz CT molecular complexity index is 219. The SMILES string of the molecule is COCCOCCOCCOC(=O)C1CCNC1. The highest BCUT2D eigenvalue weighted by Crippen LogP contribution is 2.08. The Hall–Kier alpha value is -0.690. The van der Waals surface area contributed by atoms with Crippen LogP contribution in [-0.4, -0.2) is 65.8 Å². The molecule has 0 aromatic carbocycles. The minimum Gasteiger partial charge on any atom is -0.463 e. The first-order valence-corrected chi connectivity index (χ1v) is 6.36. The maximum absolute atomic E-state index is 11.5. The van der Waals surface area contributed by atoms with Crippen molar-refractivity contribution in [3.63, 3.8) is 0 Å². The van der Waals surface area contributed by atoms with Crippen LogP contribution in [0.15, 0.2) is 0 Å². The molecule has 0 aromatic rings. The van der Waals surface area contributed by atoms with Crippen molar-refractivity contribution in [1.82, 2.24) is 5.32 Å². The fraction of sp³-hybridized carbons (Fsp3) is 0.917. The molecule has 0 saturated carbocycles.